The number of aromatic nitrogens is 5. The lowest BCUT2D eigenvalue weighted by atomic mass is 10.1. The molecule has 0 radical (unpaired) electrons. The summed E-state index contributed by atoms with van der Waals surface area (Å²) in [6.45, 7) is 0. The Bertz CT molecular complexity index is 1050. The molecule has 2 N–H and O–H groups in total. The van der Waals surface area contributed by atoms with Gasteiger partial charge in [0.2, 0.25) is 0 Å². The lowest BCUT2D eigenvalue weighted by Gasteiger charge is -2.06. The molecule has 24 heavy (non-hydrogen) atoms. The van der Waals surface area contributed by atoms with Gasteiger partial charge in [-0.25, -0.2) is 4.39 Å². The minimum absolute atomic E-state index is 0.311. The summed E-state index contributed by atoms with van der Waals surface area (Å²) in [5.41, 5.74) is 2.73. The summed E-state index contributed by atoms with van der Waals surface area (Å²) in [5, 5.41) is 14.2. The molecular weight excluding hydrogens is 325 g/mol. The lowest BCUT2D eigenvalue weighted by Crippen LogP contribution is -2.00. The smallest absolute Gasteiger partial charge is 0.200 e. The summed E-state index contributed by atoms with van der Waals surface area (Å²) in [6.07, 6.45) is 0. The topological polar surface area (TPSA) is 62.3 Å². The van der Waals surface area contributed by atoms with Gasteiger partial charge in [-0.3, -0.25) is 14.8 Å². The molecule has 0 saturated heterocycles. The Balaban J connectivity index is 1.84. The minimum Gasteiger partial charge on any atom is -0.274 e. The SMILES string of the molecule is Fc1ccccc1-n1c(-c2cc(-c3ccccc3)n[nH]2)n[nH]c1=S. The van der Waals surface area contributed by atoms with Crippen LogP contribution >= 0.6 is 12.2 Å². The number of hydrogen-bond donors (Lipinski definition) is 2. The van der Waals surface area contributed by atoms with E-state index in [-0.39, 0.29) is 5.82 Å². The molecule has 0 bridgehead atoms. The number of H-pyrrole nitrogens is 2. The molecule has 4 rings (SSSR count). The van der Waals surface area contributed by atoms with Crippen molar-refractivity contribution in [3.05, 3.63) is 71.3 Å². The molecule has 0 fully saturated rings. The van der Waals surface area contributed by atoms with Crippen LogP contribution < -0.4 is 0 Å². The van der Waals surface area contributed by atoms with Gasteiger partial charge in [0.05, 0.1) is 11.4 Å². The molecule has 2 aromatic carbocycles. The molecule has 5 nitrogen and oxygen atoms in total. The molecule has 0 atom stereocenters. The van der Waals surface area contributed by atoms with Gasteiger partial charge < -0.3 is 0 Å². The highest BCUT2D eigenvalue weighted by atomic mass is 32.1. The molecule has 0 amide bonds. The van der Waals surface area contributed by atoms with E-state index in [0.717, 1.165) is 11.3 Å². The highest BCUT2D eigenvalue weighted by Crippen LogP contribution is 2.25. The monoisotopic (exact) mass is 337 g/mol. The summed E-state index contributed by atoms with van der Waals surface area (Å²) in [6, 6.07) is 18.0. The maximum absolute atomic E-state index is 14.2. The first kappa shape index (κ1) is 14.5. The number of rotatable bonds is 3. The van der Waals surface area contributed by atoms with Crippen molar-refractivity contribution < 1.29 is 4.39 Å². The summed E-state index contributed by atoms with van der Waals surface area (Å²) >= 11 is 5.26. The second-order valence-corrected chi connectivity index (χ2v) is 5.56. The zero-order chi connectivity index (χ0) is 16.5. The fraction of sp³-hybridized carbons (Fsp3) is 0. The average Bonchev–Trinajstić information content (AvgIpc) is 3.23. The second-order valence-electron chi connectivity index (χ2n) is 5.17. The van der Waals surface area contributed by atoms with E-state index in [9.17, 15) is 4.39 Å². The number of nitrogens with zero attached hydrogens (tertiary/aromatic N) is 3. The lowest BCUT2D eigenvalue weighted by molar-refractivity contribution is 0.618. The van der Waals surface area contributed by atoms with Crippen LogP contribution in [0.5, 0.6) is 0 Å². The Morgan fingerprint density at radius 1 is 0.917 bits per heavy atom. The molecule has 0 spiro atoms. The zero-order valence-electron chi connectivity index (χ0n) is 12.4. The zero-order valence-corrected chi connectivity index (χ0v) is 13.2. The number of halogens is 1. The van der Waals surface area contributed by atoms with Gasteiger partial charge in [-0.05, 0) is 30.4 Å². The molecular formula is C17H12FN5S. The van der Waals surface area contributed by atoms with E-state index in [0.29, 0.717) is 22.0 Å². The van der Waals surface area contributed by atoms with E-state index in [2.05, 4.69) is 20.4 Å². The van der Waals surface area contributed by atoms with Crippen LogP contribution in [-0.4, -0.2) is 25.0 Å². The van der Waals surface area contributed by atoms with E-state index in [4.69, 9.17) is 12.2 Å². The van der Waals surface area contributed by atoms with E-state index >= 15 is 0 Å². The molecule has 7 heteroatoms. The third kappa shape index (κ3) is 2.44. The van der Waals surface area contributed by atoms with Crippen LogP contribution in [0.1, 0.15) is 0 Å². The fourth-order valence-corrected chi connectivity index (χ4v) is 2.76. The van der Waals surface area contributed by atoms with Crippen molar-refractivity contribution in [2.45, 2.75) is 0 Å². The van der Waals surface area contributed by atoms with Crippen molar-refractivity contribution in [2.24, 2.45) is 0 Å². The van der Waals surface area contributed by atoms with Crippen LogP contribution in [0.3, 0.4) is 0 Å². The summed E-state index contributed by atoms with van der Waals surface area (Å²) in [4.78, 5) is 0. The van der Waals surface area contributed by atoms with Gasteiger partial charge in [0.1, 0.15) is 11.5 Å². The molecule has 0 aliphatic carbocycles. The van der Waals surface area contributed by atoms with E-state index in [1.54, 1.807) is 22.8 Å². The van der Waals surface area contributed by atoms with Gasteiger partial charge in [0.15, 0.2) is 10.6 Å². The first-order valence-corrected chi connectivity index (χ1v) is 7.68. The first-order valence-electron chi connectivity index (χ1n) is 7.27. The largest absolute Gasteiger partial charge is 0.274 e. The number of nitrogens with one attached hydrogen (secondary N) is 2. The normalized spacial score (nSPS) is 10.9. The summed E-state index contributed by atoms with van der Waals surface area (Å²) in [5.74, 6) is 0.0961. The van der Waals surface area contributed by atoms with Gasteiger partial charge in [0, 0.05) is 5.56 Å². The highest BCUT2D eigenvalue weighted by molar-refractivity contribution is 7.71. The van der Waals surface area contributed by atoms with E-state index in [1.165, 1.54) is 6.07 Å². The van der Waals surface area contributed by atoms with E-state index in [1.807, 2.05) is 36.4 Å². The van der Waals surface area contributed by atoms with Gasteiger partial charge >= 0.3 is 0 Å². The van der Waals surface area contributed by atoms with Crippen LogP contribution in [-0.2, 0) is 0 Å². The Morgan fingerprint density at radius 3 is 2.46 bits per heavy atom. The van der Waals surface area contributed by atoms with Crippen molar-refractivity contribution in [2.75, 3.05) is 0 Å². The Kier molecular flexibility index (Phi) is 3.55. The molecule has 4 aromatic rings. The number of benzene rings is 2. The predicted molar refractivity (Wildman–Crippen MR) is 91.7 cm³/mol. The molecule has 0 saturated carbocycles. The van der Waals surface area contributed by atoms with Gasteiger partial charge in [0.25, 0.3) is 0 Å². The second kappa shape index (κ2) is 5.86. The standard InChI is InChI=1S/C17H12FN5S/c18-12-8-4-5-9-15(12)23-16(21-22-17(23)24)14-10-13(19-20-14)11-6-2-1-3-7-11/h1-10H,(H,19,20)(H,22,24). The third-order valence-electron chi connectivity index (χ3n) is 3.65. The highest BCUT2D eigenvalue weighted by Gasteiger charge is 2.16. The van der Waals surface area contributed by atoms with Gasteiger partial charge in [-0.2, -0.15) is 10.2 Å². The maximum Gasteiger partial charge on any atom is 0.200 e. The molecule has 0 unspecified atom stereocenters. The Morgan fingerprint density at radius 2 is 1.67 bits per heavy atom. The van der Waals surface area contributed by atoms with Crippen molar-refractivity contribution >= 4 is 12.2 Å². The van der Waals surface area contributed by atoms with Gasteiger partial charge in [-0.1, -0.05) is 42.5 Å². The minimum atomic E-state index is -0.376. The predicted octanol–water partition coefficient (Wildman–Crippen LogP) is 4.13. The molecule has 2 heterocycles. The Labute approximate surface area is 141 Å². The number of aromatic amines is 2. The van der Waals surface area contributed by atoms with Crippen molar-refractivity contribution in [1.29, 1.82) is 0 Å². The molecule has 0 aliphatic heterocycles. The molecule has 0 aliphatic rings. The van der Waals surface area contributed by atoms with Crippen LogP contribution in [0.25, 0.3) is 28.5 Å². The van der Waals surface area contributed by atoms with Crippen LogP contribution in [0.2, 0.25) is 0 Å². The van der Waals surface area contributed by atoms with Crippen LogP contribution in [0.4, 0.5) is 4.39 Å². The number of hydrogen-bond acceptors (Lipinski definition) is 3. The maximum atomic E-state index is 14.2. The van der Waals surface area contributed by atoms with Crippen molar-refractivity contribution in [3.63, 3.8) is 0 Å². The van der Waals surface area contributed by atoms with Crippen molar-refractivity contribution in [3.8, 4) is 28.5 Å². The van der Waals surface area contributed by atoms with Gasteiger partial charge in [-0.15, -0.1) is 0 Å². The molecule has 2 aromatic heterocycles. The summed E-state index contributed by atoms with van der Waals surface area (Å²) in [7, 11) is 0. The quantitative estimate of drug-likeness (QED) is 0.553. The number of para-hydroxylation sites is 1. The average molecular weight is 337 g/mol. The first-order chi connectivity index (χ1) is 11.7. The van der Waals surface area contributed by atoms with Crippen LogP contribution in [0, 0.1) is 10.6 Å². The van der Waals surface area contributed by atoms with Crippen LogP contribution in [0.15, 0.2) is 60.7 Å². The van der Waals surface area contributed by atoms with Crippen molar-refractivity contribution in [1.82, 2.24) is 25.0 Å². The summed E-state index contributed by atoms with van der Waals surface area (Å²) < 4.78 is 16.0. The molecule has 118 valence electrons. The van der Waals surface area contributed by atoms with E-state index < -0.39 is 0 Å². The fourth-order valence-electron chi connectivity index (χ4n) is 2.53. The third-order valence-corrected chi connectivity index (χ3v) is 3.93. The Hall–Kier alpha value is -3.06.